The number of amides is 1. The highest BCUT2D eigenvalue weighted by Gasteiger charge is 2.13. The zero-order valence-electron chi connectivity index (χ0n) is 17.4. The minimum atomic E-state index is -0.577. The van der Waals surface area contributed by atoms with Gasteiger partial charge in [-0.1, -0.05) is 28.1 Å². The number of ether oxygens (including phenoxy) is 2. The predicted octanol–water partition coefficient (Wildman–Crippen LogP) is 5.49. The van der Waals surface area contributed by atoms with Crippen molar-refractivity contribution in [3.63, 3.8) is 0 Å². The van der Waals surface area contributed by atoms with E-state index in [-0.39, 0.29) is 17.9 Å². The van der Waals surface area contributed by atoms with Gasteiger partial charge in [-0.3, -0.25) is 14.9 Å². The molecule has 0 fully saturated rings. The van der Waals surface area contributed by atoms with Crippen LogP contribution in [-0.4, -0.2) is 17.9 Å². The maximum absolute atomic E-state index is 12.6. The van der Waals surface area contributed by atoms with Gasteiger partial charge in [0.15, 0.2) is 0 Å². The number of carbonyl (C=O) groups is 1. The standard InChI is InChI=1S/C24H18BrN3O5/c1-32-22-8-6-20(7-9-22)27-24(29)18(14-26)12-17-13-19(25)5-10-23(17)33-15-16-3-2-4-21(11-16)28(30)31/h2-13H,15H2,1H3,(H,27,29)/b18-12+. The molecule has 0 bridgehead atoms. The van der Waals surface area contributed by atoms with Crippen LogP contribution in [-0.2, 0) is 11.4 Å². The Labute approximate surface area is 198 Å². The molecule has 1 amide bonds. The Kier molecular flexibility index (Phi) is 7.78. The van der Waals surface area contributed by atoms with Crippen LogP contribution in [0.4, 0.5) is 11.4 Å². The molecule has 0 spiro atoms. The van der Waals surface area contributed by atoms with Gasteiger partial charge in [0.05, 0.1) is 12.0 Å². The number of non-ortho nitro benzene ring substituents is 1. The lowest BCUT2D eigenvalue weighted by atomic mass is 10.1. The molecule has 0 heterocycles. The van der Waals surface area contributed by atoms with E-state index < -0.39 is 10.8 Å². The molecular formula is C24H18BrN3O5. The van der Waals surface area contributed by atoms with E-state index in [4.69, 9.17) is 9.47 Å². The number of nitrogens with zero attached hydrogens (tertiary/aromatic N) is 2. The van der Waals surface area contributed by atoms with E-state index in [1.165, 1.54) is 18.2 Å². The van der Waals surface area contributed by atoms with Gasteiger partial charge in [-0.15, -0.1) is 0 Å². The fraction of sp³-hybridized carbons (Fsp3) is 0.0833. The van der Waals surface area contributed by atoms with Gasteiger partial charge in [0, 0.05) is 27.9 Å². The van der Waals surface area contributed by atoms with Crippen molar-refractivity contribution in [2.75, 3.05) is 12.4 Å². The Balaban J connectivity index is 1.81. The number of rotatable bonds is 8. The molecule has 0 aliphatic carbocycles. The maximum Gasteiger partial charge on any atom is 0.269 e. The van der Waals surface area contributed by atoms with Crippen LogP contribution in [0.15, 0.2) is 76.8 Å². The van der Waals surface area contributed by atoms with Gasteiger partial charge < -0.3 is 14.8 Å². The summed E-state index contributed by atoms with van der Waals surface area (Å²) in [6.07, 6.45) is 1.42. The molecule has 3 rings (SSSR count). The first-order valence-corrected chi connectivity index (χ1v) is 10.4. The Bertz CT molecular complexity index is 1250. The predicted molar refractivity (Wildman–Crippen MR) is 127 cm³/mol. The van der Waals surface area contributed by atoms with Gasteiger partial charge in [-0.25, -0.2) is 0 Å². The molecule has 0 atom stereocenters. The average Bonchev–Trinajstić information content (AvgIpc) is 2.82. The van der Waals surface area contributed by atoms with Crippen LogP contribution in [0.1, 0.15) is 11.1 Å². The summed E-state index contributed by atoms with van der Waals surface area (Å²) in [5, 5.41) is 23.2. The van der Waals surface area contributed by atoms with Crippen molar-refractivity contribution in [2.24, 2.45) is 0 Å². The highest BCUT2D eigenvalue weighted by Crippen LogP contribution is 2.27. The van der Waals surface area contributed by atoms with Crippen molar-refractivity contribution < 1.29 is 19.2 Å². The third kappa shape index (κ3) is 6.41. The molecular weight excluding hydrogens is 490 g/mol. The van der Waals surface area contributed by atoms with Crippen LogP contribution in [0.5, 0.6) is 11.5 Å². The number of nitro groups is 1. The zero-order valence-corrected chi connectivity index (χ0v) is 19.0. The van der Waals surface area contributed by atoms with E-state index in [9.17, 15) is 20.2 Å². The largest absolute Gasteiger partial charge is 0.497 e. The van der Waals surface area contributed by atoms with Gasteiger partial charge in [0.2, 0.25) is 0 Å². The SMILES string of the molecule is COc1ccc(NC(=O)/C(C#N)=C/c2cc(Br)ccc2OCc2cccc([N+](=O)[O-])c2)cc1. The highest BCUT2D eigenvalue weighted by atomic mass is 79.9. The molecule has 8 nitrogen and oxygen atoms in total. The molecule has 0 saturated carbocycles. The van der Waals surface area contributed by atoms with E-state index >= 15 is 0 Å². The lowest BCUT2D eigenvalue weighted by molar-refractivity contribution is -0.384. The molecule has 0 radical (unpaired) electrons. The summed E-state index contributed by atoms with van der Waals surface area (Å²) in [6, 6.07) is 19.9. The number of nitriles is 1. The summed E-state index contributed by atoms with van der Waals surface area (Å²) in [5.74, 6) is 0.478. The number of nitro benzene ring substituents is 1. The molecule has 0 aromatic heterocycles. The molecule has 0 aliphatic rings. The van der Waals surface area contributed by atoms with E-state index in [2.05, 4.69) is 21.2 Å². The van der Waals surface area contributed by atoms with E-state index in [1.807, 2.05) is 6.07 Å². The molecule has 3 aromatic rings. The lowest BCUT2D eigenvalue weighted by Gasteiger charge is -2.11. The fourth-order valence-electron chi connectivity index (χ4n) is 2.86. The summed E-state index contributed by atoms with van der Waals surface area (Å²) < 4.78 is 11.7. The van der Waals surface area contributed by atoms with Gasteiger partial charge in [0.1, 0.15) is 29.7 Å². The summed E-state index contributed by atoms with van der Waals surface area (Å²) in [4.78, 5) is 23.1. The van der Waals surface area contributed by atoms with Crippen LogP contribution in [0, 0.1) is 21.4 Å². The Hall–Kier alpha value is -4.16. The normalized spacial score (nSPS) is 10.8. The van der Waals surface area contributed by atoms with Crippen molar-refractivity contribution in [2.45, 2.75) is 6.61 Å². The van der Waals surface area contributed by atoms with Gasteiger partial charge in [0.25, 0.3) is 11.6 Å². The number of hydrogen-bond acceptors (Lipinski definition) is 6. The minimum absolute atomic E-state index is 0.0333. The monoisotopic (exact) mass is 507 g/mol. The third-order valence-electron chi connectivity index (χ3n) is 4.50. The first-order valence-electron chi connectivity index (χ1n) is 9.62. The van der Waals surface area contributed by atoms with E-state index in [0.717, 1.165) is 4.47 Å². The van der Waals surface area contributed by atoms with E-state index in [0.29, 0.717) is 28.3 Å². The molecule has 0 saturated heterocycles. The number of halogens is 1. The van der Waals surface area contributed by atoms with Crippen LogP contribution in [0.3, 0.4) is 0 Å². The van der Waals surface area contributed by atoms with Crippen LogP contribution < -0.4 is 14.8 Å². The van der Waals surface area contributed by atoms with Crippen molar-refractivity contribution in [3.05, 3.63) is 98.0 Å². The Morgan fingerprint density at radius 1 is 1.18 bits per heavy atom. The van der Waals surface area contributed by atoms with Crippen molar-refractivity contribution in [3.8, 4) is 17.6 Å². The summed E-state index contributed by atoms with van der Waals surface area (Å²) in [6.45, 7) is 0.0735. The maximum atomic E-state index is 12.6. The number of nitrogens with one attached hydrogen (secondary N) is 1. The fourth-order valence-corrected chi connectivity index (χ4v) is 3.24. The Morgan fingerprint density at radius 2 is 1.94 bits per heavy atom. The molecule has 0 unspecified atom stereocenters. The summed E-state index contributed by atoms with van der Waals surface area (Å²) >= 11 is 3.38. The minimum Gasteiger partial charge on any atom is -0.497 e. The second-order valence-electron chi connectivity index (χ2n) is 6.75. The van der Waals surface area contributed by atoms with Crippen molar-refractivity contribution in [1.29, 1.82) is 5.26 Å². The van der Waals surface area contributed by atoms with Crippen molar-refractivity contribution in [1.82, 2.24) is 0 Å². The molecule has 166 valence electrons. The smallest absolute Gasteiger partial charge is 0.269 e. The van der Waals surface area contributed by atoms with Gasteiger partial charge in [-0.2, -0.15) is 5.26 Å². The molecule has 33 heavy (non-hydrogen) atoms. The zero-order chi connectivity index (χ0) is 23.8. The third-order valence-corrected chi connectivity index (χ3v) is 4.99. The number of carbonyl (C=O) groups excluding carboxylic acids is 1. The second-order valence-corrected chi connectivity index (χ2v) is 7.67. The van der Waals surface area contributed by atoms with E-state index in [1.54, 1.807) is 61.7 Å². The molecule has 3 aromatic carbocycles. The highest BCUT2D eigenvalue weighted by molar-refractivity contribution is 9.10. The topological polar surface area (TPSA) is 114 Å². The van der Waals surface area contributed by atoms with Gasteiger partial charge in [-0.05, 0) is 54.1 Å². The average molecular weight is 508 g/mol. The Morgan fingerprint density at radius 3 is 2.61 bits per heavy atom. The van der Waals surface area contributed by atoms with Crippen LogP contribution in [0.25, 0.3) is 6.08 Å². The summed E-state index contributed by atoms with van der Waals surface area (Å²) in [5.41, 5.74) is 1.47. The first kappa shape index (κ1) is 23.5. The summed E-state index contributed by atoms with van der Waals surface area (Å²) in [7, 11) is 1.54. The van der Waals surface area contributed by atoms with Crippen LogP contribution >= 0.6 is 15.9 Å². The van der Waals surface area contributed by atoms with Crippen LogP contribution in [0.2, 0.25) is 0 Å². The molecule has 9 heteroatoms. The first-order chi connectivity index (χ1) is 15.9. The number of benzene rings is 3. The molecule has 0 aliphatic heterocycles. The lowest BCUT2D eigenvalue weighted by Crippen LogP contribution is -2.13. The van der Waals surface area contributed by atoms with Crippen molar-refractivity contribution >= 4 is 39.3 Å². The van der Waals surface area contributed by atoms with Gasteiger partial charge >= 0.3 is 0 Å². The molecule has 1 N–H and O–H groups in total. The number of anilines is 1. The quantitative estimate of drug-likeness (QED) is 0.186. The number of methoxy groups -OCH3 is 1. The number of hydrogen-bond donors (Lipinski definition) is 1. The second kappa shape index (κ2) is 10.9.